The van der Waals surface area contributed by atoms with Crippen LogP contribution in [0.4, 0.5) is 5.69 Å². The van der Waals surface area contributed by atoms with Crippen molar-refractivity contribution in [3.63, 3.8) is 0 Å². The molecule has 0 N–H and O–H groups in total. The maximum Gasteiger partial charge on any atom is 0.254 e. The SMILES string of the molecule is COc1ccc(N2CCN(C(=O)c3ccc(-c4ccco4)cc3)C(C)C2)cc1. The van der Waals surface area contributed by atoms with Gasteiger partial charge in [0.15, 0.2) is 0 Å². The molecule has 1 amide bonds. The zero-order valence-corrected chi connectivity index (χ0v) is 16.2. The molecule has 0 bridgehead atoms. The van der Waals surface area contributed by atoms with Gasteiger partial charge in [0.1, 0.15) is 11.5 Å². The Morgan fingerprint density at radius 1 is 1.04 bits per heavy atom. The van der Waals surface area contributed by atoms with Gasteiger partial charge >= 0.3 is 0 Å². The van der Waals surface area contributed by atoms with Gasteiger partial charge in [0, 0.05) is 42.5 Å². The van der Waals surface area contributed by atoms with Crippen LogP contribution in [0.2, 0.25) is 0 Å². The highest BCUT2D eigenvalue weighted by molar-refractivity contribution is 5.95. The van der Waals surface area contributed by atoms with Gasteiger partial charge < -0.3 is 19.0 Å². The van der Waals surface area contributed by atoms with Crippen molar-refractivity contribution in [3.8, 4) is 17.1 Å². The third kappa shape index (κ3) is 3.60. The van der Waals surface area contributed by atoms with E-state index in [1.807, 2.05) is 53.4 Å². The topological polar surface area (TPSA) is 45.9 Å². The van der Waals surface area contributed by atoms with Crippen LogP contribution in [-0.2, 0) is 0 Å². The van der Waals surface area contributed by atoms with E-state index >= 15 is 0 Å². The summed E-state index contributed by atoms with van der Waals surface area (Å²) < 4.78 is 10.6. The third-order valence-corrected chi connectivity index (χ3v) is 5.26. The lowest BCUT2D eigenvalue weighted by Crippen LogP contribution is -2.54. The Hall–Kier alpha value is -3.21. The minimum absolute atomic E-state index is 0.0767. The van der Waals surface area contributed by atoms with E-state index in [-0.39, 0.29) is 11.9 Å². The molecule has 1 atom stereocenters. The number of carbonyl (C=O) groups excluding carboxylic acids is 1. The Kier molecular flexibility index (Phi) is 5.06. The Morgan fingerprint density at radius 2 is 1.79 bits per heavy atom. The fraction of sp³-hybridized carbons (Fsp3) is 0.261. The average Bonchev–Trinajstić information content (AvgIpc) is 3.28. The summed E-state index contributed by atoms with van der Waals surface area (Å²) >= 11 is 0. The largest absolute Gasteiger partial charge is 0.497 e. The van der Waals surface area contributed by atoms with Crippen molar-refractivity contribution in [3.05, 3.63) is 72.5 Å². The van der Waals surface area contributed by atoms with Crippen LogP contribution in [0.15, 0.2) is 71.3 Å². The number of ether oxygens (including phenoxy) is 1. The molecule has 3 aromatic rings. The van der Waals surface area contributed by atoms with E-state index in [2.05, 4.69) is 24.0 Å². The summed E-state index contributed by atoms with van der Waals surface area (Å²) in [5, 5.41) is 0. The molecule has 5 nitrogen and oxygen atoms in total. The van der Waals surface area contributed by atoms with E-state index in [9.17, 15) is 4.79 Å². The van der Waals surface area contributed by atoms with Crippen molar-refractivity contribution in [1.82, 2.24) is 4.90 Å². The van der Waals surface area contributed by atoms with Gasteiger partial charge in [-0.3, -0.25) is 4.79 Å². The second kappa shape index (κ2) is 7.80. The maximum absolute atomic E-state index is 13.0. The molecule has 0 saturated carbocycles. The monoisotopic (exact) mass is 376 g/mol. The van der Waals surface area contributed by atoms with Crippen LogP contribution in [0.3, 0.4) is 0 Å². The van der Waals surface area contributed by atoms with Crippen LogP contribution < -0.4 is 9.64 Å². The fourth-order valence-electron chi connectivity index (χ4n) is 3.67. The first kappa shape index (κ1) is 18.2. The second-order valence-corrected chi connectivity index (χ2v) is 7.05. The number of nitrogens with zero attached hydrogens (tertiary/aromatic N) is 2. The second-order valence-electron chi connectivity index (χ2n) is 7.05. The predicted molar refractivity (Wildman–Crippen MR) is 110 cm³/mol. The lowest BCUT2D eigenvalue weighted by molar-refractivity contribution is 0.0674. The first-order valence-corrected chi connectivity index (χ1v) is 9.49. The molecule has 1 aliphatic rings. The van der Waals surface area contributed by atoms with Gasteiger partial charge in [0.25, 0.3) is 5.91 Å². The Bertz CT molecular complexity index is 917. The van der Waals surface area contributed by atoms with Gasteiger partial charge in [-0.25, -0.2) is 0 Å². The molecular weight excluding hydrogens is 352 g/mol. The van der Waals surface area contributed by atoms with E-state index in [4.69, 9.17) is 9.15 Å². The number of carbonyl (C=O) groups is 1. The number of hydrogen-bond acceptors (Lipinski definition) is 4. The Morgan fingerprint density at radius 3 is 2.39 bits per heavy atom. The summed E-state index contributed by atoms with van der Waals surface area (Å²) in [6.45, 7) is 4.42. The lowest BCUT2D eigenvalue weighted by Gasteiger charge is -2.41. The molecule has 0 radical (unpaired) electrons. The van der Waals surface area contributed by atoms with E-state index in [1.54, 1.807) is 13.4 Å². The summed E-state index contributed by atoms with van der Waals surface area (Å²) in [6.07, 6.45) is 1.65. The first-order chi connectivity index (χ1) is 13.7. The van der Waals surface area contributed by atoms with Crippen LogP contribution in [0, 0.1) is 0 Å². The molecule has 4 rings (SSSR count). The highest BCUT2D eigenvalue weighted by Crippen LogP contribution is 2.24. The van der Waals surface area contributed by atoms with Gasteiger partial charge in [0.05, 0.1) is 13.4 Å². The quantitative estimate of drug-likeness (QED) is 0.681. The molecule has 2 aromatic carbocycles. The van der Waals surface area contributed by atoms with Crippen molar-refractivity contribution >= 4 is 11.6 Å². The van der Waals surface area contributed by atoms with Gasteiger partial charge in [-0.15, -0.1) is 0 Å². The Balaban J connectivity index is 1.43. The standard InChI is InChI=1S/C23H24N2O3/c1-17-16-24(20-9-11-21(27-2)12-10-20)13-14-25(17)23(26)19-7-5-18(6-8-19)22-4-3-15-28-22/h3-12,15,17H,13-14,16H2,1-2H3. The highest BCUT2D eigenvalue weighted by atomic mass is 16.5. The fourth-order valence-corrected chi connectivity index (χ4v) is 3.67. The van der Waals surface area contributed by atoms with Crippen molar-refractivity contribution < 1.29 is 13.9 Å². The molecule has 28 heavy (non-hydrogen) atoms. The summed E-state index contributed by atoms with van der Waals surface area (Å²) in [6, 6.07) is 19.6. The molecule has 1 aliphatic heterocycles. The molecule has 2 heterocycles. The molecular formula is C23H24N2O3. The summed E-state index contributed by atoms with van der Waals surface area (Å²) in [7, 11) is 1.67. The molecule has 1 saturated heterocycles. The van der Waals surface area contributed by atoms with E-state index in [0.29, 0.717) is 12.1 Å². The number of methoxy groups -OCH3 is 1. The summed E-state index contributed by atoms with van der Waals surface area (Å²) in [5.74, 6) is 1.73. The van der Waals surface area contributed by atoms with Gasteiger partial charge in [-0.1, -0.05) is 12.1 Å². The van der Waals surface area contributed by atoms with Gasteiger partial charge in [-0.05, 0) is 55.5 Å². The molecule has 0 spiro atoms. The predicted octanol–water partition coefficient (Wildman–Crippen LogP) is 4.31. The van der Waals surface area contributed by atoms with E-state index < -0.39 is 0 Å². The van der Waals surface area contributed by atoms with Crippen LogP contribution in [0.5, 0.6) is 5.75 Å². The number of anilines is 1. The minimum Gasteiger partial charge on any atom is -0.497 e. The highest BCUT2D eigenvalue weighted by Gasteiger charge is 2.28. The minimum atomic E-state index is 0.0767. The number of amides is 1. The van der Waals surface area contributed by atoms with Gasteiger partial charge in [0.2, 0.25) is 0 Å². The molecule has 5 heteroatoms. The van der Waals surface area contributed by atoms with E-state index in [1.165, 1.54) is 0 Å². The van der Waals surface area contributed by atoms with Crippen LogP contribution in [-0.4, -0.2) is 43.6 Å². The number of benzene rings is 2. The molecule has 1 aromatic heterocycles. The number of hydrogen-bond donors (Lipinski definition) is 0. The third-order valence-electron chi connectivity index (χ3n) is 5.26. The zero-order chi connectivity index (χ0) is 19.5. The number of rotatable bonds is 4. The molecule has 144 valence electrons. The van der Waals surface area contributed by atoms with Crippen molar-refractivity contribution in [1.29, 1.82) is 0 Å². The number of furan rings is 1. The normalized spacial score (nSPS) is 16.9. The lowest BCUT2D eigenvalue weighted by atomic mass is 10.1. The van der Waals surface area contributed by atoms with Crippen molar-refractivity contribution in [2.45, 2.75) is 13.0 Å². The van der Waals surface area contributed by atoms with Crippen LogP contribution in [0.1, 0.15) is 17.3 Å². The van der Waals surface area contributed by atoms with E-state index in [0.717, 1.165) is 35.9 Å². The maximum atomic E-state index is 13.0. The van der Waals surface area contributed by atoms with Crippen LogP contribution in [0.25, 0.3) is 11.3 Å². The van der Waals surface area contributed by atoms with Crippen molar-refractivity contribution in [2.75, 3.05) is 31.6 Å². The van der Waals surface area contributed by atoms with Crippen molar-refractivity contribution in [2.24, 2.45) is 0 Å². The summed E-state index contributed by atoms with van der Waals surface area (Å²) in [4.78, 5) is 17.3. The first-order valence-electron chi connectivity index (χ1n) is 9.49. The Labute approximate surface area is 165 Å². The molecule has 0 aliphatic carbocycles. The number of piperazine rings is 1. The van der Waals surface area contributed by atoms with Crippen LogP contribution >= 0.6 is 0 Å². The zero-order valence-electron chi connectivity index (χ0n) is 16.2. The smallest absolute Gasteiger partial charge is 0.254 e. The molecule has 1 fully saturated rings. The average molecular weight is 376 g/mol. The molecule has 1 unspecified atom stereocenters. The summed E-state index contributed by atoms with van der Waals surface area (Å²) in [5.41, 5.74) is 2.83. The van der Waals surface area contributed by atoms with Gasteiger partial charge in [-0.2, -0.15) is 0 Å².